The van der Waals surface area contributed by atoms with E-state index in [4.69, 9.17) is 15.1 Å². The van der Waals surface area contributed by atoms with Crippen molar-refractivity contribution in [3.05, 3.63) is 83.6 Å². The van der Waals surface area contributed by atoms with Gasteiger partial charge in [-0.25, -0.2) is 9.79 Å². The normalized spacial score (nSPS) is 19.5. The molecule has 2 aromatic heterocycles. The zero-order valence-corrected chi connectivity index (χ0v) is 30.9. The summed E-state index contributed by atoms with van der Waals surface area (Å²) in [5.41, 5.74) is 4.97. The number of rotatable bonds is 10. The van der Waals surface area contributed by atoms with Gasteiger partial charge >= 0.3 is 6.03 Å². The fraction of sp³-hybridized carbons (Fsp3) is 0.475. The van der Waals surface area contributed by atoms with Crippen molar-refractivity contribution in [2.75, 3.05) is 32.1 Å². The van der Waals surface area contributed by atoms with Gasteiger partial charge in [-0.3, -0.25) is 9.72 Å². The summed E-state index contributed by atoms with van der Waals surface area (Å²) in [6.07, 6.45) is 7.95. The first-order chi connectivity index (χ1) is 24.4. The summed E-state index contributed by atoms with van der Waals surface area (Å²) < 4.78 is 8.70. The second-order valence-corrected chi connectivity index (χ2v) is 15.3. The second kappa shape index (κ2) is 15.6. The lowest BCUT2D eigenvalue weighted by molar-refractivity contribution is 0.171. The van der Waals surface area contributed by atoms with Crippen LogP contribution in [0.15, 0.2) is 71.9 Å². The van der Waals surface area contributed by atoms with E-state index in [1.54, 1.807) is 0 Å². The van der Waals surface area contributed by atoms with Crippen molar-refractivity contribution in [2.45, 2.75) is 90.8 Å². The van der Waals surface area contributed by atoms with Crippen LogP contribution >= 0.6 is 0 Å². The molecule has 3 heterocycles. The first-order valence-corrected chi connectivity index (χ1v) is 18.3. The first-order valence-electron chi connectivity index (χ1n) is 18.3. The number of nitrogens with zero attached hydrogens (tertiary/aromatic N) is 6. The summed E-state index contributed by atoms with van der Waals surface area (Å²) in [6.45, 7) is 10.2. The van der Waals surface area contributed by atoms with E-state index in [1.807, 2.05) is 67.8 Å². The van der Waals surface area contributed by atoms with Gasteiger partial charge in [0.05, 0.1) is 17.9 Å². The van der Waals surface area contributed by atoms with Gasteiger partial charge in [0.2, 0.25) is 5.95 Å². The quantitative estimate of drug-likeness (QED) is 0.116. The van der Waals surface area contributed by atoms with Crippen LogP contribution in [0.1, 0.15) is 95.1 Å². The molecule has 11 heteroatoms. The Labute approximate surface area is 302 Å². The van der Waals surface area contributed by atoms with Crippen LogP contribution in [0.25, 0.3) is 5.65 Å². The number of piperidine rings is 1. The number of pyridine rings is 1. The lowest BCUT2D eigenvalue weighted by Gasteiger charge is -2.33. The summed E-state index contributed by atoms with van der Waals surface area (Å²) >= 11 is 0. The molecule has 0 radical (unpaired) electrons. The van der Waals surface area contributed by atoms with Crippen LogP contribution in [-0.2, 0) is 6.42 Å². The van der Waals surface area contributed by atoms with Crippen molar-refractivity contribution in [3.8, 4) is 5.75 Å². The van der Waals surface area contributed by atoms with Gasteiger partial charge in [0.1, 0.15) is 17.7 Å². The van der Waals surface area contributed by atoms with E-state index in [1.165, 1.54) is 12.0 Å². The molecule has 4 aromatic rings. The number of urea groups is 1. The minimum Gasteiger partial charge on any atom is -0.484 e. The molecule has 3 atom stereocenters. The minimum atomic E-state index is -0.351. The molecule has 1 saturated heterocycles. The minimum absolute atomic E-state index is 0.169. The average molecular weight is 692 g/mol. The van der Waals surface area contributed by atoms with E-state index in [9.17, 15) is 4.79 Å². The van der Waals surface area contributed by atoms with Gasteiger partial charge in [-0.15, -0.1) is 10.2 Å². The molecule has 11 nitrogen and oxygen atoms in total. The highest BCUT2D eigenvalue weighted by Crippen LogP contribution is 2.39. The van der Waals surface area contributed by atoms with Crippen LogP contribution in [0.3, 0.4) is 0 Å². The highest BCUT2D eigenvalue weighted by atomic mass is 16.5. The fourth-order valence-electron chi connectivity index (χ4n) is 6.87. The molecule has 1 fully saturated rings. The monoisotopic (exact) mass is 691 g/mol. The zero-order valence-electron chi connectivity index (χ0n) is 30.9. The first kappa shape index (κ1) is 36.0. The van der Waals surface area contributed by atoms with Crippen LogP contribution < -0.4 is 20.3 Å². The Morgan fingerprint density at radius 3 is 2.59 bits per heavy atom. The van der Waals surface area contributed by atoms with E-state index in [0.29, 0.717) is 24.0 Å². The Morgan fingerprint density at radius 2 is 1.82 bits per heavy atom. The third-order valence-corrected chi connectivity index (χ3v) is 9.97. The molecule has 0 spiro atoms. The van der Waals surface area contributed by atoms with Gasteiger partial charge in [-0.1, -0.05) is 57.2 Å². The number of nitrogens with one attached hydrogen (secondary N) is 3. The number of carbonyl (C=O) groups excluding carboxylic acids is 1. The van der Waals surface area contributed by atoms with Gasteiger partial charge in [-0.05, 0) is 106 Å². The molecule has 1 aliphatic heterocycles. The number of hydrogen-bond donors (Lipinski definition) is 3. The standard InChI is InChI=1S/C40H53N9O2/c1-27-12-9-10-22-48(27)39-46-45-37-20-17-30(26-49(37)39)51-34-19-18-33(31-15-7-8-16-32(31)34)43-38(50)44-36(25-35(41)40(2,3)4)42-29-14-11-13-28(24-29)21-23-47(5)6/h7-8,11,13-17,20,24,26-27,33-34,41H,9-10,12,18-19,21-23,25H2,1-6H3,(H2,42,43,44,50). The van der Waals surface area contributed by atoms with E-state index in [2.05, 4.69) is 75.9 Å². The fourth-order valence-corrected chi connectivity index (χ4v) is 6.87. The van der Waals surface area contributed by atoms with Crippen molar-refractivity contribution < 1.29 is 9.53 Å². The molecule has 2 amide bonds. The van der Waals surface area contributed by atoms with E-state index in [-0.39, 0.29) is 30.0 Å². The number of fused-ring (bicyclic) bond motifs is 2. The predicted molar refractivity (Wildman–Crippen MR) is 205 cm³/mol. The molecule has 0 saturated carbocycles. The van der Waals surface area contributed by atoms with Crippen molar-refractivity contribution >= 4 is 34.9 Å². The molecule has 51 heavy (non-hydrogen) atoms. The largest absolute Gasteiger partial charge is 0.484 e. The van der Waals surface area contributed by atoms with Crippen LogP contribution in [0.5, 0.6) is 5.75 Å². The summed E-state index contributed by atoms with van der Waals surface area (Å²) in [6, 6.07) is 20.1. The molecule has 270 valence electrons. The van der Waals surface area contributed by atoms with E-state index in [0.717, 1.165) is 72.9 Å². The number of hydrogen-bond acceptors (Lipinski definition) is 8. The maximum atomic E-state index is 13.6. The summed E-state index contributed by atoms with van der Waals surface area (Å²) in [7, 11) is 4.12. The second-order valence-electron chi connectivity index (χ2n) is 15.3. The Bertz CT molecular complexity index is 1870. The van der Waals surface area contributed by atoms with Gasteiger partial charge in [0.25, 0.3) is 0 Å². The maximum absolute atomic E-state index is 13.6. The van der Waals surface area contributed by atoms with Crippen LogP contribution in [-0.4, -0.2) is 70.3 Å². The Kier molecular flexibility index (Phi) is 11.0. The number of amidine groups is 1. The molecule has 1 aliphatic carbocycles. The number of anilines is 1. The molecule has 3 unspecified atom stereocenters. The predicted octanol–water partition coefficient (Wildman–Crippen LogP) is 7.65. The summed E-state index contributed by atoms with van der Waals surface area (Å²) in [5, 5.41) is 23.9. The summed E-state index contributed by atoms with van der Waals surface area (Å²) in [4.78, 5) is 23.0. The molecule has 3 N–H and O–H groups in total. The number of carbonyl (C=O) groups is 1. The SMILES string of the molecule is CC1CCCCN1c1nnc2ccc(OC3CCC(NC(=O)NC(CC(=N)C(C)(C)C)=Nc4cccc(CCN(C)C)c4)c4ccccc43)cn12. The summed E-state index contributed by atoms with van der Waals surface area (Å²) in [5.74, 6) is 2.06. The molecule has 0 bridgehead atoms. The van der Waals surface area contributed by atoms with Gasteiger partial charge in [0, 0.05) is 31.3 Å². The average Bonchev–Trinajstić information content (AvgIpc) is 3.51. The third kappa shape index (κ3) is 8.94. The number of amides is 2. The van der Waals surface area contributed by atoms with Gasteiger partial charge < -0.3 is 25.3 Å². The topological polar surface area (TPSA) is 123 Å². The smallest absolute Gasteiger partial charge is 0.320 e. The van der Waals surface area contributed by atoms with E-state index < -0.39 is 0 Å². The van der Waals surface area contributed by atoms with Crippen molar-refractivity contribution in [1.82, 2.24) is 30.1 Å². The van der Waals surface area contributed by atoms with Gasteiger partial charge in [0.15, 0.2) is 5.65 Å². The van der Waals surface area contributed by atoms with Crippen molar-refractivity contribution in [2.24, 2.45) is 10.4 Å². The lowest BCUT2D eigenvalue weighted by Crippen LogP contribution is -2.43. The van der Waals surface area contributed by atoms with Crippen molar-refractivity contribution in [1.29, 1.82) is 5.41 Å². The molecule has 2 aromatic carbocycles. The number of likely N-dealkylation sites (N-methyl/N-ethyl adjacent to an activating group) is 1. The highest BCUT2D eigenvalue weighted by Gasteiger charge is 2.30. The Morgan fingerprint density at radius 1 is 1.02 bits per heavy atom. The van der Waals surface area contributed by atoms with Crippen LogP contribution in [0.4, 0.5) is 16.4 Å². The number of aromatic nitrogens is 3. The maximum Gasteiger partial charge on any atom is 0.320 e. The van der Waals surface area contributed by atoms with Gasteiger partial charge in [-0.2, -0.15) is 0 Å². The van der Waals surface area contributed by atoms with Crippen LogP contribution in [0.2, 0.25) is 0 Å². The number of benzene rings is 2. The number of ether oxygens (including phenoxy) is 1. The molecular weight excluding hydrogens is 639 g/mol. The Balaban J connectivity index is 1.17. The Hall–Kier alpha value is -4.77. The molecule has 6 rings (SSSR count). The van der Waals surface area contributed by atoms with E-state index >= 15 is 0 Å². The lowest BCUT2D eigenvalue weighted by atomic mass is 9.85. The molecular formula is C40H53N9O2. The zero-order chi connectivity index (χ0) is 36.1. The highest BCUT2D eigenvalue weighted by molar-refractivity contribution is 6.09. The van der Waals surface area contributed by atoms with Crippen LogP contribution in [0, 0.1) is 10.8 Å². The third-order valence-electron chi connectivity index (χ3n) is 9.97. The van der Waals surface area contributed by atoms with Crippen molar-refractivity contribution in [3.63, 3.8) is 0 Å². The molecule has 2 aliphatic rings. The number of aliphatic imine (C=N–C) groups is 1.